The smallest absolute Gasteiger partial charge is 0.303 e. The molecule has 0 fully saturated rings. The van der Waals surface area contributed by atoms with Gasteiger partial charge in [-0.15, -0.1) is 0 Å². The molecule has 0 unspecified atom stereocenters. The molecule has 0 aromatic heterocycles. The fourth-order valence-electron chi connectivity index (χ4n) is 2.68. The number of unbranched alkanes of at least 4 members (excludes halogenated alkanes) is 9. The van der Waals surface area contributed by atoms with Gasteiger partial charge in [-0.1, -0.05) is 58.3 Å². The van der Waals surface area contributed by atoms with Crippen LogP contribution < -0.4 is 10.6 Å². The van der Waals surface area contributed by atoms with Gasteiger partial charge in [0.05, 0.1) is 0 Å². The van der Waals surface area contributed by atoms with Gasteiger partial charge in [0.25, 0.3) is 0 Å². The van der Waals surface area contributed by atoms with Gasteiger partial charge in [0.2, 0.25) is 0 Å². The van der Waals surface area contributed by atoms with Crippen molar-refractivity contribution in [3.05, 3.63) is 0 Å². The zero-order valence-electron chi connectivity index (χ0n) is 15.4. The highest BCUT2D eigenvalue weighted by atomic mass is 16.4. The fourth-order valence-corrected chi connectivity index (χ4v) is 2.68. The van der Waals surface area contributed by atoms with Crippen LogP contribution in [0, 0.1) is 0 Å². The van der Waals surface area contributed by atoms with E-state index in [1.807, 2.05) is 0 Å². The molecule has 0 radical (unpaired) electrons. The summed E-state index contributed by atoms with van der Waals surface area (Å²) in [5, 5.41) is 15.5. The second-order valence-electron chi connectivity index (χ2n) is 6.53. The zero-order valence-corrected chi connectivity index (χ0v) is 15.4. The van der Waals surface area contributed by atoms with Gasteiger partial charge in [-0.3, -0.25) is 4.79 Å². The van der Waals surface area contributed by atoms with E-state index in [-0.39, 0.29) is 0 Å². The minimum atomic E-state index is -0.674. The normalized spacial score (nSPS) is 11.0. The van der Waals surface area contributed by atoms with E-state index < -0.39 is 5.97 Å². The second-order valence-corrected chi connectivity index (χ2v) is 6.53. The Morgan fingerprint density at radius 1 is 0.652 bits per heavy atom. The summed E-state index contributed by atoms with van der Waals surface area (Å²) in [5.74, 6) is -0.674. The molecule has 0 atom stereocenters. The van der Waals surface area contributed by atoms with Gasteiger partial charge < -0.3 is 15.7 Å². The van der Waals surface area contributed by atoms with Crippen molar-refractivity contribution in [3.8, 4) is 0 Å². The van der Waals surface area contributed by atoms with Crippen LogP contribution in [0.2, 0.25) is 0 Å². The SMILES string of the molecule is CCCCCCCCCNCCCNCCCCCCC(=O)O. The third kappa shape index (κ3) is 21.4. The van der Waals surface area contributed by atoms with E-state index in [1.165, 1.54) is 51.4 Å². The van der Waals surface area contributed by atoms with Gasteiger partial charge in [-0.25, -0.2) is 0 Å². The largest absolute Gasteiger partial charge is 0.481 e. The predicted molar refractivity (Wildman–Crippen MR) is 99.1 cm³/mol. The molecule has 0 aliphatic carbocycles. The van der Waals surface area contributed by atoms with Gasteiger partial charge >= 0.3 is 5.97 Å². The highest BCUT2D eigenvalue weighted by molar-refractivity contribution is 5.66. The van der Waals surface area contributed by atoms with Gasteiger partial charge in [-0.05, 0) is 51.9 Å². The molecule has 0 aromatic carbocycles. The Morgan fingerprint density at radius 3 is 1.61 bits per heavy atom. The number of rotatable bonds is 19. The van der Waals surface area contributed by atoms with Crippen molar-refractivity contribution in [2.75, 3.05) is 26.2 Å². The van der Waals surface area contributed by atoms with Crippen molar-refractivity contribution < 1.29 is 9.90 Å². The predicted octanol–water partition coefficient (Wildman–Crippen LogP) is 4.34. The first-order valence-corrected chi connectivity index (χ1v) is 9.90. The molecular formula is C19H40N2O2. The van der Waals surface area contributed by atoms with Crippen LogP contribution in [0.15, 0.2) is 0 Å². The molecule has 0 amide bonds. The lowest BCUT2D eigenvalue weighted by Crippen LogP contribution is -2.23. The third-order valence-corrected chi connectivity index (χ3v) is 4.16. The Hall–Kier alpha value is -0.610. The molecule has 0 bridgehead atoms. The molecule has 138 valence electrons. The maximum absolute atomic E-state index is 10.4. The number of carboxylic acid groups (broad SMARTS) is 1. The summed E-state index contributed by atoms with van der Waals surface area (Å²) in [5.41, 5.74) is 0. The lowest BCUT2D eigenvalue weighted by molar-refractivity contribution is -0.137. The van der Waals surface area contributed by atoms with E-state index in [1.54, 1.807) is 0 Å². The Labute approximate surface area is 143 Å². The summed E-state index contributed by atoms with van der Waals surface area (Å²) in [6, 6.07) is 0. The Bertz CT molecular complexity index is 248. The summed E-state index contributed by atoms with van der Waals surface area (Å²) in [7, 11) is 0. The molecule has 0 saturated carbocycles. The molecule has 0 rings (SSSR count). The minimum absolute atomic E-state index is 0.317. The lowest BCUT2D eigenvalue weighted by Gasteiger charge is -2.06. The van der Waals surface area contributed by atoms with Crippen LogP contribution >= 0.6 is 0 Å². The molecule has 0 saturated heterocycles. The van der Waals surface area contributed by atoms with Crippen LogP contribution in [-0.2, 0) is 4.79 Å². The standard InChI is InChI=1S/C19H40N2O2/c1-2-3-4-5-6-8-11-15-20-17-13-18-21-16-12-9-7-10-14-19(22)23/h20-21H,2-18H2,1H3,(H,22,23). The van der Waals surface area contributed by atoms with Crippen molar-refractivity contribution in [2.24, 2.45) is 0 Å². The number of hydrogen-bond donors (Lipinski definition) is 3. The Morgan fingerprint density at radius 2 is 1.09 bits per heavy atom. The Kier molecular flexibility index (Phi) is 18.9. The topological polar surface area (TPSA) is 61.4 Å². The second kappa shape index (κ2) is 19.4. The number of carboxylic acids is 1. The van der Waals surface area contributed by atoms with E-state index in [0.29, 0.717) is 6.42 Å². The highest BCUT2D eigenvalue weighted by Crippen LogP contribution is 2.06. The van der Waals surface area contributed by atoms with Crippen molar-refractivity contribution >= 4 is 5.97 Å². The van der Waals surface area contributed by atoms with E-state index in [9.17, 15) is 4.79 Å². The van der Waals surface area contributed by atoms with Gasteiger partial charge in [-0.2, -0.15) is 0 Å². The summed E-state index contributed by atoms with van der Waals surface area (Å²) in [4.78, 5) is 10.4. The molecule has 0 spiro atoms. The average Bonchev–Trinajstić information content (AvgIpc) is 2.53. The zero-order chi connectivity index (χ0) is 17.0. The summed E-state index contributed by atoms with van der Waals surface area (Å²) in [6.45, 7) is 6.68. The molecule has 4 nitrogen and oxygen atoms in total. The first-order valence-electron chi connectivity index (χ1n) is 9.90. The van der Waals surface area contributed by atoms with E-state index >= 15 is 0 Å². The number of hydrogen-bond acceptors (Lipinski definition) is 3. The van der Waals surface area contributed by atoms with E-state index in [2.05, 4.69) is 17.6 Å². The minimum Gasteiger partial charge on any atom is -0.481 e. The fraction of sp³-hybridized carbons (Fsp3) is 0.947. The third-order valence-electron chi connectivity index (χ3n) is 4.16. The molecule has 0 heterocycles. The molecule has 0 aliphatic heterocycles. The molecule has 4 heteroatoms. The van der Waals surface area contributed by atoms with Crippen LogP contribution in [0.5, 0.6) is 0 Å². The molecule has 0 aliphatic rings. The van der Waals surface area contributed by atoms with Crippen LogP contribution in [0.4, 0.5) is 0 Å². The number of nitrogens with one attached hydrogen (secondary N) is 2. The first-order chi connectivity index (χ1) is 11.3. The lowest BCUT2D eigenvalue weighted by atomic mass is 10.1. The van der Waals surface area contributed by atoms with E-state index in [4.69, 9.17) is 5.11 Å². The molecule has 23 heavy (non-hydrogen) atoms. The molecule has 3 N–H and O–H groups in total. The monoisotopic (exact) mass is 328 g/mol. The van der Waals surface area contributed by atoms with Gasteiger partial charge in [0.15, 0.2) is 0 Å². The van der Waals surface area contributed by atoms with E-state index in [0.717, 1.165) is 51.9 Å². The van der Waals surface area contributed by atoms with Crippen LogP contribution in [0.1, 0.15) is 90.4 Å². The summed E-state index contributed by atoms with van der Waals surface area (Å²) in [6.07, 6.45) is 15.3. The quantitative estimate of drug-likeness (QED) is 0.309. The Balaban J connectivity index is 2.96. The average molecular weight is 329 g/mol. The van der Waals surface area contributed by atoms with Crippen molar-refractivity contribution in [3.63, 3.8) is 0 Å². The maximum atomic E-state index is 10.4. The molecular weight excluding hydrogens is 288 g/mol. The van der Waals surface area contributed by atoms with Crippen LogP contribution in [0.3, 0.4) is 0 Å². The van der Waals surface area contributed by atoms with Gasteiger partial charge in [0, 0.05) is 6.42 Å². The van der Waals surface area contributed by atoms with Crippen molar-refractivity contribution in [1.29, 1.82) is 0 Å². The van der Waals surface area contributed by atoms with Gasteiger partial charge in [0.1, 0.15) is 0 Å². The van der Waals surface area contributed by atoms with Crippen molar-refractivity contribution in [1.82, 2.24) is 10.6 Å². The summed E-state index contributed by atoms with van der Waals surface area (Å²) >= 11 is 0. The van der Waals surface area contributed by atoms with Crippen LogP contribution in [0.25, 0.3) is 0 Å². The maximum Gasteiger partial charge on any atom is 0.303 e. The highest BCUT2D eigenvalue weighted by Gasteiger charge is 1.96. The van der Waals surface area contributed by atoms with Crippen LogP contribution in [-0.4, -0.2) is 37.3 Å². The summed E-state index contributed by atoms with van der Waals surface area (Å²) < 4.78 is 0. The molecule has 0 aromatic rings. The number of aliphatic carboxylic acids is 1. The van der Waals surface area contributed by atoms with Crippen molar-refractivity contribution in [2.45, 2.75) is 90.4 Å². The first kappa shape index (κ1) is 22.4. The number of carbonyl (C=O) groups is 1.